The Kier molecular flexibility index (Phi) is 9.09. The van der Waals surface area contributed by atoms with Crippen LogP contribution in [-0.4, -0.2) is 70.1 Å². The van der Waals surface area contributed by atoms with Crippen molar-refractivity contribution in [2.75, 3.05) is 33.7 Å². The van der Waals surface area contributed by atoms with Crippen LogP contribution < -0.4 is 5.56 Å². The van der Waals surface area contributed by atoms with Crippen LogP contribution in [0.2, 0.25) is 0 Å². The molecule has 2 aromatic carbocycles. The van der Waals surface area contributed by atoms with Gasteiger partial charge in [0, 0.05) is 38.3 Å². The number of halogens is 4. The molecule has 3 aliphatic rings. The molecule has 43 heavy (non-hydrogen) atoms. The first-order valence-corrected chi connectivity index (χ1v) is 15.0. The summed E-state index contributed by atoms with van der Waals surface area (Å²) >= 11 is 0. The van der Waals surface area contributed by atoms with E-state index in [-0.39, 0.29) is 46.8 Å². The van der Waals surface area contributed by atoms with Crippen molar-refractivity contribution in [1.82, 2.24) is 24.3 Å². The molecule has 6 rings (SSSR count). The average molecular weight is 618 g/mol. The maximum absolute atomic E-state index is 14.3. The number of rotatable bonds is 4. The summed E-state index contributed by atoms with van der Waals surface area (Å²) in [6.45, 7) is 2.10. The van der Waals surface area contributed by atoms with Gasteiger partial charge in [-0.3, -0.25) is 9.36 Å². The number of aromatic nitrogens is 2. The van der Waals surface area contributed by atoms with Crippen molar-refractivity contribution in [2.24, 2.45) is 11.3 Å². The minimum Gasteiger partial charge on any atom is -0.324 e. The molecule has 7 nitrogen and oxygen atoms in total. The number of amides is 2. The van der Waals surface area contributed by atoms with E-state index in [1.807, 2.05) is 23.9 Å². The third kappa shape index (κ3) is 6.13. The van der Waals surface area contributed by atoms with Crippen molar-refractivity contribution in [1.29, 1.82) is 0 Å². The van der Waals surface area contributed by atoms with Crippen LogP contribution in [-0.2, 0) is 6.54 Å². The van der Waals surface area contributed by atoms with Crippen LogP contribution in [0.25, 0.3) is 10.9 Å². The summed E-state index contributed by atoms with van der Waals surface area (Å²) < 4.78 is 44.0. The molecular formula is C32H39ClF3N5O2. The highest BCUT2D eigenvalue weighted by Crippen LogP contribution is 2.49. The van der Waals surface area contributed by atoms with Crippen LogP contribution in [0.3, 0.4) is 0 Å². The number of benzene rings is 2. The first kappa shape index (κ1) is 31.3. The van der Waals surface area contributed by atoms with Crippen LogP contribution in [0.15, 0.2) is 47.5 Å². The van der Waals surface area contributed by atoms with Crippen molar-refractivity contribution >= 4 is 29.3 Å². The Morgan fingerprint density at radius 2 is 1.72 bits per heavy atom. The van der Waals surface area contributed by atoms with E-state index in [1.165, 1.54) is 30.3 Å². The lowest BCUT2D eigenvalue weighted by Gasteiger charge is -2.50. The summed E-state index contributed by atoms with van der Waals surface area (Å²) in [5.74, 6) is -1.58. The highest BCUT2D eigenvalue weighted by atomic mass is 35.5. The lowest BCUT2D eigenvalue weighted by molar-refractivity contribution is 0.0175. The maximum Gasteiger partial charge on any atom is 0.320 e. The van der Waals surface area contributed by atoms with Gasteiger partial charge < -0.3 is 14.7 Å². The molecule has 3 aromatic rings. The van der Waals surface area contributed by atoms with E-state index in [1.54, 1.807) is 10.9 Å². The second kappa shape index (κ2) is 12.5. The Hall–Kier alpha value is -3.11. The van der Waals surface area contributed by atoms with E-state index in [4.69, 9.17) is 0 Å². The minimum absolute atomic E-state index is 0. The molecule has 1 spiro atoms. The summed E-state index contributed by atoms with van der Waals surface area (Å²) in [6.07, 6.45) is 7.73. The van der Waals surface area contributed by atoms with E-state index in [2.05, 4.69) is 9.88 Å². The molecule has 1 saturated carbocycles. The van der Waals surface area contributed by atoms with Gasteiger partial charge in [-0.2, -0.15) is 0 Å². The number of hydrogen-bond acceptors (Lipinski definition) is 4. The smallest absolute Gasteiger partial charge is 0.320 e. The summed E-state index contributed by atoms with van der Waals surface area (Å²) in [6, 6.07) is 7.30. The van der Waals surface area contributed by atoms with Gasteiger partial charge >= 0.3 is 6.03 Å². The number of likely N-dealkylation sites (tertiary alicyclic amines) is 2. The second-order valence-corrected chi connectivity index (χ2v) is 12.7. The third-order valence-electron chi connectivity index (χ3n) is 10.0. The van der Waals surface area contributed by atoms with Gasteiger partial charge in [0.25, 0.3) is 5.56 Å². The number of piperidine rings is 2. The van der Waals surface area contributed by atoms with Crippen molar-refractivity contribution < 1.29 is 18.0 Å². The fourth-order valence-corrected chi connectivity index (χ4v) is 7.71. The molecule has 0 radical (unpaired) electrons. The molecule has 232 valence electrons. The molecule has 3 heterocycles. The molecule has 11 heteroatoms. The predicted molar refractivity (Wildman–Crippen MR) is 162 cm³/mol. The second-order valence-electron chi connectivity index (χ2n) is 12.7. The topological polar surface area (TPSA) is 61.7 Å². The molecule has 0 unspecified atom stereocenters. The Labute approximate surface area is 256 Å². The third-order valence-corrected chi connectivity index (χ3v) is 10.0. The monoisotopic (exact) mass is 617 g/mol. The molecule has 3 atom stereocenters. The molecule has 0 N–H and O–H groups in total. The number of carbonyl (C=O) groups excluding carboxylic acids is 1. The van der Waals surface area contributed by atoms with Crippen LogP contribution in [0.5, 0.6) is 0 Å². The molecular weight excluding hydrogens is 579 g/mol. The number of hydrogen-bond donors (Lipinski definition) is 0. The Morgan fingerprint density at radius 3 is 2.42 bits per heavy atom. The quantitative estimate of drug-likeness (QED) is 0.360. The normalized spacial score (nSPS) is 23.6. The van der Waals surface area contributed by atoms with Crippen LogP contribution in [0, 0.1) is 28.8 Å². The zero-order chi connectivity index (χ0) is 29.6. The van der Waals surface area contributed by atoms with E-state index in [9.17, 15) is 22.8 Å². The first-order valence-electron chi connectivity index (χ1n) is 15.0. The van der Waals surface area contributed by atoms with Gasteiger partial charge in [0.05, 0.1) is 23.3 Å². The lowest BCUT2D eigenvalue weighted by atomic mass is 9.69. The zero-order valence-corrected chi connectivity index (χ0v) is 25.5. The van der Waals surface area contributed by atoms with Crippen LogP contribution in [0.1, 0.15) is 56.6 Å². The number of nitrogens with zero attached hydrogens (tertiary/aromatic N) is 5. The van der Waals surface area contributed by atoms with Gasteiger partial charge in [-0.1, -0.05) is 12.8 Å². The molecule has 2 saturated heterocycles. The summed E-state index contributed by atoms with van der Waals surface area (Å²) in [5, 5.41) is 0.270. The fourth-order valence-electron chi connectivity index (χ4n) is 7.71. The van der Waals surface area contributed by atoms with E-state index >= 15 is 0 Å². The standard InChI is InChI=1S/C32H38F3N5O2.ClH/c1-37(2)26-8-12-40(29(17-26)21-13-24(34)15-25(35)14-21)31(42)38-11-7-22(32(19-38)9-3-4-10-32)18-39-20-36-28-6-5-23(33)16-27(28)30(39)41;/h5-6,13-16,20,22,26,29H,3-4,7-12,17-19H2,1-2H3;1H/t22-,26+,29-;/m0./s1. The highest BCUT2D eigenvalue weighted by molar-refractivity contribution is 5.85. The molecule has 1 aliphatic carbocycles. The highest BCUT2D eigenvalue weighted by Gasteiger charge is 2.48. The fraction of sp³-hybridized carbons (Fsp3) is 0.531. The van der Waals surface area contributed by atoms with E-state index in [0.29, 0.717) is 43.7 Å². The lowest BCUT2D eigenvalue weighted by Crippen LogP contribution is -2.57. The molecule has 1 aromatic heterocycles. The molecule has 2 amide bonds. The van der Waals surface area contributed by atoms with Gasteiger partial charge in [0.1, 0.15) is 17.5 Å². The van der Waals surface area contributed by atoms with Crippen molar-refractivity contribution in [3.8, 4) is 0 Å². The molecule has 3 fully saturated rings. The maximum atomic E-state index is 14.3. The number of urea groups is 1. The number of carbonyl (C=O) groups is 1. The van der Waals surface area contributed by atoms with E-state index in [0.717, 1.165) is 44.6 Å². The molecule has 0 bridgehead atoms. The Balaban J connectivity index is 0.00000368. The van der Waals surface area contributed by atoms with E-state index < -0.39 is 23.5 Å². The van der Waals surface area contributed by atoms with Crippen molar-refractivity contribution in [3.05, 3.63) is 76.1 Å². The molecule has 2 aliphatic heterocycles. The van der Waals surface area contributed by atoms with Gasteiger partial charge in [0.15, 0.2) is 0 Å². The van der Waals surface area contributed by atoms with Gasteiger partial charge in [0.2, 0.25) is 0 Å². The van der Waals surface area contributed by atoms with Crippen molar-refractivity contribution in [2.45, 2.75) is 63.6 Å². The SMILES string of the molecule is CN(C)[C@@H]1CCN(C(=O)N2CC[C@@H](Cn3cnc4ccc(F)cc4c3=O)C3(CCCC3)C2)[C@H](c2cc(F)cc(F)c2)C1.Cl. The average Bonchev–Trinajstić information content (AvgIpc) is 3.43. The van der Waals surface area contributed by atoms with Crippen LogP contribution in [0.4, 0.5) is 18.0 Å². The van der Waals surface area contributed by atoms with Gasteiger partial charge in [-0.25, -0.2) is 22.9 Å². The predicted octanol–water partition coefficient (Wildman–Crippen LogP) is 6.01. The Morgan fingerprint density at radius 1 is 1.00 bits per heavy atom. The van der Waals surface area contributed by atoms with Crippen molar-refractivity contribution in [3.63, 3.8) is 0 Å². The number of fused-ring (bicyclic) bond motifs is 1. The largest absolute Gasteiger partial charge is 0.324 e. The summed E-state index contributed by atoms with van der Waals surface area (Å²) in [5.41, 5.74) is 0.573. The summed E-state index contributed by atoms with van der Waals surface area (Å²) in [4.78, 5) is 37.7. The van der Waals surface area contributed by atoms with Crippen LogP contribution >= 0.6 is 12.4 Å². The van der Waals surface area contributed by atoms with Gasteiger partial charge in [-0.15, -0.1) is 12.4 Å². The zero-order valence-electron chi connectivity index (χ0n) is 24.6. The minimum atomic E-state index is -0.642. The van der Waals surface area contributed by atoms with Gasteiger partial charge in [-0.05, 0) is 93.4 Å². The first-order chi connectivity index (χ1) is 20.1. The summed E-state index contributed by atoms with van der Waals surface area (Å²) in [7, 11) is 3.99. The Bertz CT molecular complexity index is 1520.